The van der Waals surface area contributed by atoms with E-state index >= 15 is 0 Å². The van der Waals surface area contributed by atoms with Crippen molar-refractivity contribution in [3.05, 3.63) is 98.0 Å². The predicted molar refractivity (Wildman–Crippen MR) is 140 cm³/mol. The molecule has 10 nitrogen and oxygen atoms in total. The lowest BCUT2D eigenvalue weighted by atomic mass is 10.2. The molecule has 1 aromatic heterocycles. The Hall–Kier alpha value is -3.80. The van der Waals surface area contributed by atoms with Gasteiger partial charge >= 0.3 is 0 Å². The van der Waals surface area contributed by atoms with E-state index in [4.69, 9.17) is 16.3 Å². The number of hydrogen-bond acceptors (Lipinski definition) is 7. The molecule has 12 heteroatoms. The molecule has 1 unspecified atom stereocenters. The van der Waals surface area contributed by atoms with Crippen LogP contribution in [0, 0.1) is 10.1 Å². The monoisotopic (exact) mass is 542 g/mol. The van der Waals surface area contributed by atoms with Gasteiger partial charge in [0.15, 0.2) is 0 Å². The summed E-state index contributed by atoms with van der Waals surface area (Å²) in [6, 6.07) is 16.0. The summed E-state index contributed by atoms with van der Waals surface area (Å²) in [7, 11) is -2.94. The third kappa shape index (κ3) is 4.80. The van der Waals surface area contributed by atoms with Gasteiger partial charge < -0.3 is 4.74 Å². The number of fused-ring (bicyclic) bond motifs is 1. The lowest BCUT2D eigenvalue weighted by molar-refractivity contribution is -0.384. The molecule has 0 N–H and O–H groups in total. The first-order chi connectivity index (χ1) is 17.6. The fourth-order valence-electron chi connectivity index (χ4n) is 3.91. The average Bonchev–Trinajstić information content (AvgIpc) is 2.88. The third-order valence-corrected chi connectivity index (χ3v) is 8.16. The molecule has 3 aromatic carbocycles. The van der Waals surface area contributed by atoms with Gasteiger partial charge in [-0.25, -0.2) is 13.4 Å². The van der Waals surface area contributed by atoms with Crippen LogP contribution in [0.5, 0.6) is 5.75 Å². The molecular formula is C25H23ClN4O6S. The number of ether oxygens (including phenoxy) is 1. The second-order valence-corrected chi connectivity index (χ2v) is 10.5. The largest absolute Gasteiger partial charge is 0.492 e. The Morgan fingerprint density at radius 3 is 2.51 bits per heavy atom. The van der Waals surface area contributed by atoms with E-state index < -0.39 is 32.2 Å². The van der Waals surface area contributed by atoms with Gasteiger partial charge in [-0.3, -0.25) is 19.5 Å². The summed E-state index contributed by atoms with van der Waals surface area (Å²) < 4.78 is 35.1. The number of benzene rings is 3. The maximum absolute atomic E-state index is 13.7. The Labute approximate surface area is 217 Å². The molecule has 0 saturated carbocycles. The summed E-state index contributed by atoms with van der Waals surface area (Å²) in [5, 5.41) is 11.5. The molecule has 1 heterocycles. The van der Waals surface area contributed by atoms with Gasteiger partial charge in [-0.05, 0) is 50.2 Å². The van der Waals surface area contributed by atoms with Crippen molar-refractivity contribution in [3.63, 3.8) is 0 Å². The SMILES string of the molecule is CCOc1ccccc1-n1c(C(C)N(C)S(=O)(=O)c2ccc(Cl)c([N+](=O)[O-])c2)nc2ccccc2c1=O. The van der Waals surface area contributed by atoms with Gasteiger partial charge in [0, 0.05) is 13.1 Å². The number of aromatic nitrogens is 2. The van der Waals surface area contributed by atoms with Crippen molar-refractivity contribution >= 4 is 38.2 Å². The van der Waals surface area contributed by atoms with Gasteiger partial charge in [-0.15, -0.1) is 0 Å². The zero-order valence-electron chi connectivity index (χ0n) is 20.2. The molecule has 0 aliphatic heterocycles. The van der Waals surface area contributed by atoms with E-state index in [2.05, 4.69) is 4.98 Å². The fourth-order valence-corrected chi connectivity index (χ4v) is 5.44. The molecule has 0 spiro atoms. The minimum Gasteiger partial charge on any atom is -0.492 e. The highest BCUT2D eigenvalue weighted by molar-refractivity contribution is 7.89. The Bertz CT molecular complexity index is 1670. The zero-order valence-corrected chi connectivity index (χ0v) is 21.7. The molecule has 0 aliphatic carbocycles. The first kappa shape index (κ1) is 26.3. The Morgan fingerprint density at radius 1 is 1.14 bits per heavy atom. The van der Waals surface area contributed by atoms with Crippen molar-refractivity contribution in [3.8, 4) is 11.4 Å². The molecule has 0 radical (unpaired) electrons. The van der Waals surface area contributed by atoms with E-state index in [9.17, 15) is 23.3 Å². The van der Waals surface area contributed by atoms with Crippen molar-refractivity contribution in [2.75, 3.05) is 13.7 Å². The van der Waals surface area contributed by atoms with Crippen LogP contribution in [-0.4, -0.2) is 40.9 Å². The number of para-hydroxylation sites is 3. The Morgan fingerprint density at radius 2 is 1.81 bits per heavy atom. The van der Waals surface area contributed by atoms with E-state index in [1.54, 1.807) is 55.5 Å². The zero-order chi connectivity index (χ0) is 26.9. The minimum absolute atomic E-state index is 0.144. The van der Waals surface area contributed by atoms with Crippen LogP contribution in [0.15, 0.2) is 76.4 Å². The average molecular weight is 543 g/mol. The standard InChI is InChI=1S/C25H23ClN4O6S/c1-4-36-23-12-8-7-11-21(23)29-24(27-20-10-6-5-9-18(20)25(29)31)16(2)28(3)37(34,35)17-13-14-19(26)22(15-17)30(32)33/h5-16H,4H2,1-3H3. The third-order valence-electron chi connectivity index (χ3n) is 5.92. The second kappa shape index (κ2) is 10.3. The minimum atomic E-state index is -4.26. The van der Waals surface area contributed by atoms with Crippen LogP contribution < -0.4 is 10.3 Å². The van der Waals surface area contributed by atoms with E-state index in [1.165, 1.54) is 17.7 Å². The number of nitro benzene ring substituents is 1. The highest BCUT2D eigenvalue weighted by Gasteiger charge is 2.32. The highest BCUT2D eigenvalue weighted by atomic mass is 35.5. The normalized spacial score (nSPS) is 12.6. The lowest BCUT2D eigenvalue weighted by Crippen LogP contribution is -2.35. The quantitative estimate of drug-likeness (QED) is 0.233. The van der Waals surface area contributed by atoms with Crippen molar-refractivity contribution < 1.29 is 18.1 Å². The van der Waals surface area contributed by atoms with E-state index in [1.807, 2.05) is 6.92 Å². The van der Waals surface area contributed by atoms with Gasteiger partial charge in [-0.1, -0.05) is 35.9 Å². The van der Waals surface area contributed by atoms with E-state index in [0.717, 1.165) is 16.4 Å². The van der Waals surface area contributed by atoms with Gasteiger partial charge in [0.05, 0.1) is 39.1 Å². The van der Waals surface area contributed by atoms with Crippen molar-refractivity contribution in [2.45, 2.75) is 24.8 Å². The molecule has 0 bridgehead atoms. The van der Waals surface area contributed by atoms with Crippen molar-refractivity contribution in [1.82, 2.24) is 13.9 Å². The van der Waals surface area contributed by atoms with Crippen LogP contribution in [0.1, 0.15) is 25.7 Å². The van der Waals surface area contributed by atoms with Crippen LogP contribution >= 0.6 is 11.6 Å². The molecule has 4 rings (SSSR count). The van der Waals surface area contributed by atoms with Crippen LogP contribution in [0.2, 0.25) is 5.02 Å². The Balaban J connectivity index is 1.93. The van der Waals surface area contributed by atoms with Gasteiger partial charge in [-0.2, -0.15) is 4.31 Å². The highest BCUT2D eigenvalue weighted by Crippen LogP contribution is 2.32. The molecule has 0 saturated heterocycles. The molecule has 0 fully saturated rings. The fraction of sp³-hybridized carbons (Fsp3) is 0.200. The smallest absolute Gasteiger partial charge is 0.289 e. The van der Waals surface area contributed by atoms with Crippen LogP contribution in [0.4, 0.5) is 5.69 Å². The van der Waals surface area contributed by atoms with E-state index in [0.29, 0.717) is 28.9 Å². The maximum atomic E-state index is 13.7. The van der Waals surface area contributed by atoms with Crippen LogP contribution in [0.25, 0.3) is 16.6 Å². The molecule has 4 aromatic rings. The van der Waals surface area contributed by atoms with Crippen molar-refractivity contribution in [2.24, 2.45) is 0 Å². The predicted octanol–water partition coefficient (Wildman–Crippen LogP) is 4.73. The summed E-state index contributed by atoms with van der Waals surface area (Å²) in [5.41, 5.74) is -0.127. The number of nitrogens with zero attached hydrogens (tertiary/aromatic N) is 4. The first-order valence-corrected chi connectivity index (χ1v) is 13.1. The Kier molecular flexibility index (Phi) is 7.30. The van der Waals surface area contributed by atoms with Crippen molar-refractivity contribution in [1.29, 1.82) is 0 Å². The van der Waals surface area contributed by atoms with E-state index in [-0.39, 0.29) is 15.7 Å². The summed E-state index contributed by atoms with van der Waals surface area (Å²) >= 11 is 5.87. The number of rotatable bonds is 8. The molecule has 0 amide bonds. The maximum Gasteiger partial charge on any atom is 0.289 e. The second-order valence-electron chi connectivity index (χ2n) is 8.10. The van der Waals surface area contributed by atoms with Gasteiger partial charge in [0.2, 0.25) is 10.0 Å². The number of halogens is 1. The molecule has 37 heavy (non-hydrogen) atoms. The van der Waals surface area contributed by atoms with Gasteiger partial charge in [0.1, 0.15) is 16.6 Å². The molecule has 192 valence electrons. The van der Waals surface area contributed by atoms with Gasteiger partial charge in [0.25, 0.3) is 11.2 Å². The molecular weight excluding hydrogens is 520 g/mol. The lowest BCUT2D eigenvalue weighted by Gasteiger charge is -2.27. The number of nitro groups is 1. The first-order valence-electron chi connectivity index (χ1n) is 11.2. The summed E-state index contributed by atoms with van der Waals surface area (Å²) in [5.74, 6) is 0.571. The molecule has 1 atom stereocenters. The number of sulfonamides is 1. The molecule has 0 aliphatic rings. The topological polar surface area (TPSA) is 125 Å². The van der Waals surface area contributed by atoms with Crippen LogP contribution in [-0.2, 0) is 10.0 Å². The number of hydrogen-bond donors (Lipinski definition) is 0. The summed E-state index contributed by atoms with van der Waals surface area (Å²) in [6.07, 6.45) is 0. The summed E-state index contributed by atoms with van der Waals surface area (Å²) in [6.45, 7) is 3.74. The van der Waals surface area contributed by atoms with Crippen LogP contribution in [0.3, 0.4) is 0 Å². The summed E-state index contributed by atoms with van der Waals surface area (Å²) in [4.78, 5) is 28.7.